The number of carbonyl (C=O) groups excluding carboxylic acids is 2. The standard InChI is InChI=1S/C11H18N2O5S/c1-4-11(5-2,19(16,17)18)13-10(15)8(3)6-7-9(12)14/h6-7H,3-5H2,1-2H3,(H2,12,14)(H,13,15)(H,16,17,18). The number of hydrogen-bond acceptors (Lipinski definition) is 4. The predicted molar refractivity (Wildman–Crippen MR) is 70.5 cm³/mol. The van der Waals surface area contributed by atoms with Crippen LogP contribution in [-0.2, 0) is 19.7 Å². The van der Waals surface area contributed by atoms with Crippen molar-refractivity contribution in [1.29, 1.82) is 0 Å². The normalized spacial score (nSPS) is 12.4. The van der Waals surface area contributed by atoms with Crippen molar-refractivity contribution in [2.24, 2.45) is 5.73 Å². The van der Waals surface area contributed by atoms with Gasteiger partial charge in [0.15, 0.2) is 4.87 Å². The van der Waals surface area contributed by atoms with Crippen molar-refractivity contribution in [3.63, 3.8) is 0 Å². The molecule has 0 radical (unpaired) electrons. The van der Waals surface area contributed by atoms with Crippen molar-refractivity contribution in [3.8, 4) is 0 Å². The molecule has 0 spiro atoms. The summed E-state index contributed by atoms with van der Waals surface area (Å²) in [5.41, 5.74) is 4.71. The van der Waals surface area contributed by atoms with Gasteiger partial charge in [-0.25, -0.2) is 0 Å². The minimum Gasteiger partial charge on any atom is -0.366 e. The molecular formula is C11H18N2O5S. The van der Waals surface area contributed by atoms with Crippen molar-refractivity contribution in [1.82, 2.24) is 5.32 Å². The Morgan fingerprint density at radius 1 is 1.32 bits per heavy atom. The minimum absolute atomic E-state index is 0.0130. The molecule has 7 nitrogen and oxygen atoms in total. The van der Waals surface area contributed by atoms with E-state index >= 15 is 0 Å². The quantitative estimate of drug-likeness (QED) is 0.348. The molecule has 4 N–H and O–H groups in total. The van der Waals surface area contributed by atoms with Crippen LogP contribution in [0.5, 0.6) is 0 Å². The number of carbonyl (C=O) groups is 2. The molecule has 0 unspecified atom stereocenters. The molecule has 0 heterocycles. The van der Waals surface area contributed by atoms with Gasteiger partial charge in [-0.05, 0) is 18.9 Å². The van der Waals surface area contributed by atoms with Crippen molar-refractivity contribution >= 4 is 21.9 Å². The van der Waals surface area contributed by atoms with E-state index < -0.39 is 26.8 Å². The van der Waals surface area contributed by atoms with Crippen LogP contribution < -0.4 is 11.1 Å². The molecule has 2 amide bonds. The first-order chi connectivity index (χ1) is 8.59. The lowest BCUT2D eigenvalue weighted by molar-refractivity contribution is -0.118. The highest BCUT2D eigenvalue weighted by Gasteiger charge is 2.41. The molecule has 0 aromatic heterocycles. The summed E-state index contributed by atoms with van der Waals surface area (Å²) >= 11 is 0. The zero-order valence-electron chi connectivity index (χ0n) is 10.8. The van der Waals surface area contributed by atoms with Gasteiger partial charge >= 0.3 is 0 Å². The van der Waals surface area contributed by atoms with Gasteiger partial charge in [0.1, 0.15) is 0 Å². The molecule has 0 saturated heterocycles. The Labute approximate surface area is 112 Å². The highest BCUT2D eigenvalue weighted by atomic mass is 32.2. The lowest BCUT2D eigenvalue weighted by atomic mass is 10.1. The topological polar surface area (TPSA) is 127 Å². The zero-order valence-corrected chi connectivity index (χ0v) is 11.7. The summed E-state index contributed by atoms with van der Waals surface area (Å²) in [4.78, 5) is 20.5. The van der Waals surface area contributed by atoms with Crippen LogP contribution in [0.4, 0.5) is 0 Å². The van der Waals surface area contributed by atoms with Crippen molar-refractivity contribution in [2.45, 2.75) is 31.6 Å². The van der Waals surface area contributed by atoms with Gasteiger partial charge in [0.05, 0.1) is 0 Å². The van der Waals surface area contributed by atoms with Gasteiger partial charge in [-0.3, -0.25) is 14.1 Å². The van der Waals surface area contributed by atoms with Crippen LogP contribution in [0.25, 0.3) is 0 Å². The first-order valence-corrected chi connectivity index (χ1v) is 6.99. The molecule has 108 valence electrons. The molecular weight excluding hydrogens is 272 g/mol. The second-order valence-electron chi connectivity index (χ2n) is 3.89. The maximum Gasteiger partial charge on any atom is 0.289 e. The van der Waals surface area contributed by atoms with Gasteiger partial charge in [0, 0.05) is 11.6 Å². The Morgan fingerprint density at radius 3 is 2.11 bits per heavy atom. The summed E-state index contributed by atoms with van der Waals surface area (Å²) in [5, 5.41) is 2.21. The van der Waals surface area contributed by atoms with Gasteiger partial charge in [0.25, 0.3) is 16.0 Å². The smallest absolute Gasteiger partial charge is 0.289 e. The second-order valence-corrected chi connectivity index (χ2v) is 5.62. The molecule has 0 atom stereocenters. The molecule has 0 aliphatic rings. The molecule has 0 saturated carbocycles. The molecule has 0 fully saturated rings. The van der Waals surface area contributed by atoms with E-state index in [0.29, 0.717) is 0 Å². The van der Waals surface area contributed by atoms with Crippen LogP contribution in [-0.4, -0.2) is 29.7 Å². The van der Waals surface area contributed by atoms with Crippen LogP contribution in [0, 0.1) is 0 Å². The Balaban J connectivity index is 5.15. The van der Waals surface area contributed by atoms with Gasteiger partial charge in [0.2, 0.25) is 5.91 Å². The van der Waals surface area contributed by atoms with Crippen LogP contribution in [0.1, 0.15) is 26.7 Å². The third-order valence-electron chi connectivity index (χ3n) is 2.72. The molecule has 0 aliphatic carbocycles. The summed E-state index contributed by atoms with van der Waals surface area (Å²) < 4.78 is 31.9. The van der Waals surface area contributed by atoms with Crippen molar-refractivity contribution < 1.29 is 22.6 Å². The summed E-state index contributed by atoms with van der Waals surface area (Å²) in [6.45, 7) is 6.41. The van der Waals surface area contributed by atoms with Crippen LogP contribution in [0.3, 0.4) is 0 Å². The number of nitrogens with one attached hydrogen (secondary N) is 1. The maximum absolute atomic E-state index is 11.7. The molecule has 0 aromatic rings. The van der Waals surface area contributed by atoms with E-state index in [1.54, 1.807) is 0 Å². The summed E-state index contributed by atoms with van der Waals surface area (Å²) in [7, 11) is -4.48. The Kier molecular flexibility index (Phi) is 5.91. The lowest BCUT2D eigenvalue weighted by Crippen LogP contribution is -2.53. The van der Waals surface area contributed by atoms with Gasteiger partial charge in [-0.1, -0.05) is 20.4 Å². The van der Waals surface area contributed by atoms with E-state index in [0.717, 1.165) is 12.2 Å². The maximum atomic E-state index is 11.7. The van der Waals surface area contributed by atoms with E-state index in [9.17, 15) is 22.6 Å². The van der Waals surface area contributed by atoms with Crippen LogP contribution in [0.2, 0.25) is 0 Å². The summed E-state index contributed by atoms with van der Waals surface area (Å²) in [6, 6.07) is 0. The molecule has 0 aromatic carbocycles. The number of primary amides is 1. The largest absolute Gasteiger partial charge is 0.366 e. The third kappa shape index (κ3) is 4.49. The van der Waals surface area contributed by atoms with Crippen molar-refractivity contribution in [2.75, 3.05) is 0 Å². The zero-order chi connectivity index (χ0) is 15.3. The molecule has 0 bridgehead atoms. The summed E-state index contributed by atoms with van der Waals surface area (Å²) in [5.74, 6) is -1.57. The van der Waals surface area contributed by atoms with Crippen molar-refractivity contribution in [3.05, 3.63) is 24.3 Å². The monoisotopic (exact) mass is 290 g/mol. The van der Waals surface area contributed by atoms with Gasteiger partial charge in [-0.2, -0.15) is 8.42 Å². The third-order valence-corrected chi connectivity index (χ3v) is 4.38. The molecule has 0 rings (SSSR count). The van der Waals surface area contributed by atoms with E-state index in [4.69, 9.17) is 5.73 Å². The average molecular weight is 290 g/mol. The minimum atomic E-state index is -4.48. The Morgan fingerprint density at radius 2 is 1.79 bits per heavy atom. The van der Waals surface area contributed by atoms with E-state index in [1.807, 2.05) is 0 Å². The Hall–Kier alpha value is -1.67. The first-order valence-electron chi connectivity index (χ1n) is 5.55. The number of hydrogen-bond donors (Lipinski definition) is 3. The fourth-order valence-corrected chi connectivity index (χ4v) is 2.35. The number of nitrogens with two attached hydrogens (primary N) is 1. The SMILES string of the molecule is C=C(C=CC(N)=O)C(=O)NC(CC)(CC)S(=O)(=O)O. The van der Waals surface area contributed by atoms with E-state index in [2.05, 4.69) is 11.9 Å². The second kappa shape index (κ2) is 6.48. The van der Waals surface area contributed by atoms with Crippen LogP contribution in [0.15, 0.2) is 24.3 Å². The Bertz CT molecular complexity index is 503. The first kappa shape index (κ1) is 17.3. The number of amides is 2. The highest BCUT2D eigenvalue weighted by molar-refractivity contribution is 7.87. The fraction of sp³-hybridized carbons (Fsp3) is 0.455. The van der Waals surface area contributed by atoms with Gasteiger partial charge < -0.3 is 11.1 Å². The van der Waals surface area contributed by atoms with Crippen LogP contribution >= 0.6 is 0 Å². The summed E-state index contributed by atoms with van der Waals surface area (Å²) in [6.07, 6.45) is 1.97. The number of rotatable bonds is 7. The average Bonchev–Trinajstić information content (AvgIpc) is 2.30. The molecule has 8 heteroatoms. The van der Waals surface area contributed by atoms with E-state index in [-0.39, 0.29) is 18.4 Å². The fourth-order valence-electron chi connectivity index (χ4n) is 1.40. The predicted octanol–water partition coefficient (Wildman–Crippen LogP) is 0.104. The van der Waals surface area contributed by atoms with Gasteiger partial charge in [-0.15, -0.1) is 0 Å². The van der Waals surface area contributed by atoms with E-state index in [1.165, 1.54) is 13.8 Å². The highest BCUT2D eigenvalue weighted by Crippen LogP contribution is 2.22. The molecule has 19 heavy (non-hydrogen) atoms. The lowest BCUT2D eigenvalue weighted by Gasteiger charge is -2.29. The molecule has 0 aliphatic heterocycles.